The molecule has 0 atom stereocenters. The van der Waals surface area contributed by atoms with Crippen molar-refractivity contribution in [1.29, 1.82) is 0 Å². The van der Waals surface area contributed by atoms with E-state index in [4.69, 9.17) is 0 Å². The second kappa shape index (κ2) is 5.79. The lowest BCUT2D eigenvalue weighted by atomic mass is 10.2. The molecule has 0 spiro atoms. The average Bonchev–Trinajstić information content (AvgIpc) is 2.24. The molecule has 0 aliphatic carbocycles. The number of benzene rings is 1. The van der Waals surface area contributed by atoms with Crippen molar-refractivity contribution in [2.24, 2.45) is 0 Å². The fraction of sp³-hybridized carbons (Fsp3) is 0.400. The normalized spacial score (nSPS) is 12.6. The maximum absolute atomic E-state index is 11.6. The zero-order chi connectivity index (χ0) is 13.8. The third-order valence-electron chi connectivity index (χ3n) is 1.93. The van der Waals surface area contributed by atoms with Gasteiger partial charge in [0.1, 0.15) is 0 Å². The van der Waals surface area contributed by atoms with E-state index in [-0.39, 0.29) is 18.1 Å². The Balaban J connectivity index is 2.58. The summed E-state index contributed by atoms with van der Waals surface area (Å²) >= 11 is 0. The van der Waals surface area contributed by atoms with Crippen LogP contribution < -0.4 is 0 Å². The van der Waals surface area contributed by atoms with Crippen LogP contribution in [0.1, 0.15) is 5.56 Å². The first-order valence-corrected chi connectivity index (χ1v) is 8.24. The first-order valence-electron chi connectivity index (χ1n) is 5.01. The molecular formula is C10H14O6S2. The number of hydrogen-bond acceptors (Lipinski definition) is 6. The van der Waals surface area contributed by atoms with E-state index in [1.165, 1.54) is 12.1 Å². The van der Waals surface area contributed by atoms with E-state index in [2.05, 4.69) is 8.37 Å². The Labute approximate surface area is 107 Å². The molecule has 1 rings (SSSR count). The first kappa shape index (κ1) is 15.1. The minimum absolute atomic E-state index is 0.0208. The van der Waals surface area contributed by atoms with Crippen LogP contribution in [0.2, 0.25) is 0 Å². The highest BCUT2D eigenvalue weighted by Gasteiger charge is 2.14. The van der Waals surface area contributed by atoms with Crippen LogP contribution in [0.25, 0.3) is 0 Å². The molecule has 1 aromatic carbocycles. The average molecular weight is 294 g/mol. The molecule has 102 valence electrons. The van der Waals surface area contributed by atoms with Gasteiger partial charge in [-0.1, -0.05) is 17.7 Å². The predicted octanol–water partition coefficient (Wildman–Crippen LogP) is 0.677. The number of hydrogen-bond donors (Lipinski definition) is 0. The summed E-state index contributed by atoms with van der Waals surface area (Å²) in [5, 5.41) is 0. The molecule has 0 saturated carbocycles. The fourth-order valence-electron chi connectivity index (χ4n) is 1.10. The van der Waals surface area contributed by atoms with Crippen molar-refractivity contribution in [2.45, 2.75) is 11.8 Å². The van der Waals surface area contributed by atoms with Crippen LogP contribution in [-0.2, 0) is 28.6 Å². The summed E-state index contributed by atoms with van der Waals surface area (Å²) in [7, 11) is -7.46. The van der Waals surface area contributed by atoms with Gasteiger partial charge in [0.2, 0.25) is 0 Å². The van der Waals surface area contributed by atoms with Gasteiger partial charge in [0, 0.05) is 0 Å². The van der Waals surface area contributed by atoms with E-state index in [9.17, 15) is 16.8 Å². The molecule has 0 unspecified atom stereocenters. The molecule has 8 heteroatoms. The van der Waals surface area contributed by atoms with Crippen molar-refractivity contribution in [1.82, 2.24) is 0 Å². The largest absolute Gasteiger partial charge is 0.297 e. The van der Waals surface area contributed by atoms with Crippen LogP contribution in [0.5, 0.6) is 0 Å². The smallest absolute Gasteiger partial charge is 0.268 e. The molecule has 0 saturated heterocycles. The van der Waals surface area contributed by atoms with Crippen LogP contribution in [0.3, 0.4) is 0 Å². The Bertz CT molecular complexity index is 586. The maximum Gasteiger partial charge on any atom is 0.297 e. The highest BCUT2D eigenvalue weighted by Crippen LogP contribution is 2.12. The molecule has 0 aromatic heterocycles. The van der Waals surface area contributed by atoms with Gasteiger partial charge in [-0.05, 0) is 19.1 Å². The van der Waals surface area contributed by atoms with Gasteiger partial charge >= 0.3 is 0 Å². The molecule has 0 fully saturated rings. The Hall–Kier alpha value is -0.960. The standard InChI is InChI=1S/C10H14O6S2/c1-9-3-5-10(6-4-9)18(13,14)16-8-7-15-17(2,11)12/h3-6H,7-8H2,1-2H3. The van der Waals surface area contributed by atoms with Crippen molar-refractivity contribution in [3.63, 3.8) is 0 Å². The van der Waals surface area contributed by atoms with E-state index in [1.54, 1.807) is 12.1 Å². The first-order chi connectivity index (χ1) is 8.21. The monoisotopic (exact) mass is 294 g/mol. The van der Waals surface area contributed by atoms with E-state index >= 15 is 0 Å². The zero-order valence-corrected chi connectivity index (χ0v) is 11.6. The lowest BCUT2D eigenvalue weighted by Gasteiger charge is -2.05. The molecule has 0 amide bonds. The second-order valence-corrected chi connectivity index (χ2v) is 6.87. The molecule has 1 aromatic rings. The lowest BCUT2D eigenvalue weighted by molar-refractivity contribution is 0.226. The van der Waals surface area contributed by atoms with Crippen LogP contribution in [0.15, 0.2) is 29.2 Å². The molecule has 0 bridgehead atoms. The van der Waals surface area contributed by atoms with E-state index in [1.807, 2.05) is 6.92 Å². The van der Waals surface area contributed by atoms with Gasteiger partial charge in [0.15, 0.2) is 0 Å². The van der Waals surface area contributed by atoms with Gasteiger partial charge < -0.3 is 0 Å². The molecule has 0 aliphatic heterocycles. The van der Waals surface area contributed by atoms with E-state index in [0.29, 0.717) is 0 Å². The molecule has 0 radical (unpaired) electrons. The van der Waals surface area contributed by atoms with Crippen LogP contribution in [0.4, 0.5) is 0 Å². The van der Waals surface area contributed by atoms with Gasteiger partial charge in [-0.25, -0.2) is 0 Å². The second-order valence-electron chi connectivity index (χ2n) is 3.62. The maximum atomic E-state index is 11.6. The Morgan fingerprint density at radius 3 is 1.94 bits per heavy atom. The summed E-state index contributed by atoms with van der Waals surface area (Å²) in [6.45, 7) is 1.13. The lowest BCUT2D eigenvalue weighted by Crippen LogP contribution is -2.14. The molecular weight excluding hydrogens is 280 g/mol. The molecule has 6 nitrogen and oxygen atoms in total. The van der Waals surface area contributed by atoms with Crippen molar-refractivity contribution in [3.05, 3.63) is 29.8 Å². The minimum atomic E-state index is -3.87. The van der Waals surface area contributed by atoms with E-state index < -0.39 is 20.2 Å². The summed E-state index contributed by atoms with van der Waals surface area (Å²) < 4.78 is 53.5. The summed E-state index contributed by atoms with van der Waals surface area (Å²) in [4.78, 5) is 0.0208. The highest BCUT2D eigenvalue weighted by molar-refractivity contribution is 7.86. The third-order valence-corrected chi connectivity index (χ3v) is 3.85. The molecule has 18 heavy (non-hydrogen) atoms. The van der Waals surface area contributed by atoms with Crippen LogP contribution in [-0.4, -0.2) is 36.3 Å². The van der Waals surface area contributed by atoms with Crippen molar-refractivity contribution >= 4 is 20.2 Å². The van der Waals surface area contributed by atoms with Gasteiger partial charge in [-0.15, -0.1) is 0 Å². The topological polar surface area (TPSA) is 86.7 Å². The van der Waals surface area contributed by atoms with Gasteiger partial charge in [0.25, 0.3) is 20.2 Å². The summed E-state index contributed by atoms with van der Waals surface area (Å²) in [5.41, 5.74) is 0.925. The quantitative estimate of drug-likeness (QED) is 0.566. The number of aryl methyl sites for hydroxylation is 1. The minimum Gasteiger partial charge on any atom is -0.268 e. The summed E-state index contributed by atoms with van der Waals surface area (Å²) in [5.74, 6) is 0. The van der Waals surface area contributed by atoms with Gasteiger partial charge in [0.05, 0.1) is 24.4 Å². The summed E-state index contributed by atoms with van der Waals surface area (Å²) in [6.07, 6.45) is 0.876. The van der Waals surface area contributed by atoms with Crippen LogP contribution in [0, 0.1) is 6.92 Å². The fourth-order valence-corrected chi connectivity index (χ4v) is 2.37. The Morgan fingerprint density at radius 1 is 0.944 bits per heavy atom. The summed E-state index contributed by atoms with van der Waals surface area (Å²) in [6, 6.07) is 6.12. The third kappa shape index (κ3) is 5.13. The predicted molar refractivity (Wildman–Crippen MR) is 65.1 cm³/mol. The Kier molecular flexibility index (Phi) is 4.85. The van der Waals surface area contributed by atoms with Crippen molar-refractivity contribution in [2.75, 3.05) is 19.5 Å². The highest BCUT2D eigenvalue weighted by atomic mass is 32.2. The van der Waals surface area contributed by atoms with Crippen LogP contribution >= 0.6 is 0 Å². The van der Waals surface area contributed by atoms with Crippen molar-refractivity contribution in [3.8, 4) is 0 Å². The van der Waals surface area contributed by atoms with Gasteiger partial charge in [-0.3, -0.25) is 8.37 Å². The van der Waals surface area contributed by atoms with E-state index in [0.717, 1.165) is 11.8 Å². The zero-order valence-electron chi connectivity index (χ0n) is 9.99. The van der Waals surface area contributed by atoms with Crippen molar-refractivity contribution < 1.29 is 25.2 Å². The Morgan fingerprint density at radius 2 is 1.44 bits per heavy atom. The van der Waals surface area contributed by atoms with Gasteiger partial charge in [-0.2, -0.15) is 16.8 Å². The number of rotatable bonds is 6. The molecule has 0 heterocycles. The molecule has 0 N–H and O–H groups in total. The SMILES string of the molecule is Cc1ccc(S(=O)(=O)OCCOS(C)(=O)=O)cc1. The molecule has 0 aliphatic rings.